The number of benzene rings is 1. The fourth-order valence-corrected chi connectivity index (χ4v) is 4.46. The molecule has 2 atom stereocenters. The van der Waals surface area contributed by atoms with Crippen LogP contribution in [0.2, 0.25) is 0 Å². The van der Waals surface area contributed by atoms with Crippen LogP contribution in [0.4, 0.5) is 0 Å². The molecule has 190 valence electrons. The molecule has 1 rings (SSSR count). The van der Waals surface area contributed by atoms with Gasteiger partial charge < -0.3 is 22.1 Å². The number of primary amides is 1. The molecule has 34 heavy (non-hydrogen) atoms. The molecule has 0 saturated carbocycles. The summed E-state index contributed by atoms with van der Waals surface area (Å²) < 4.78 is 26.9. The summed E-state index contributed by atoms with van der Waals surface area (Å²) >= 11 is 0. The summed E-state index contributed by atoms with van der Waals surface area (Å²) in [5.74, 6) is -2.00. The van der Waals surface area contributed by atoms with Gasteiger partial charge in [-0.3, -0.25) is 19.8 Å². The van der Waals surface area contributed by atoms with Crippen LogP contribution in [0, 0.1) is 11.3 Å². The number of rotatable bonds is 15. The minimum absolute atomic E-state index is 0.0101. The number of carbonyl (C=O) groups excluding carboxylic acids is 3. The lowest BCUT2D eigenvalue weighted by atomic mass is 10.0. The van der Waals surface area contributed by atoms with Gasteiger partial charge in [-0.2, -0.15) is 0 Å². The number of nitrogen functional groups attached to an aromatic ring is 1. The van der Waals surface area contributed by atoms with Crippen molar-refractivity contribution in [3.63, 3.8) is 0 Å². The number of sulfonamides is 1. The van der Waals surface area contributed by atoms with Gasteiger partial charge in [0.2, 0.25) is 27.7 Å². The SMILES string of the molecule is CCCS(=O)(=O)NC(CC(C)C)C(=O)NC(CCC(N)=O)C(=O)NCc1ccc(C(=N)N)cc1. The van der Waals surface area contributed by atoms with E-state index in [4.69, 9.17) is 16.9 Å². The summed E-state index contributed by atoms with van der Waals surface area (Å²) in [6, 6.07) is 4.57. The first-order valence-corrected chi connectivity index (χ1v) is 12.8. The summed E-state index contributed by atoms with van der Waals surface area (Å²) in [5.41, 5.74) is 11.9. The predicted octanol–water partition coefficient (Wildman–Crippen LogP) is 0.0813. The summed E-state index contributed by atoms with van der Waals surface area (Å²) in [7, 11) is -3.67. The Morgan fingerprint density at radius 2 is 1.65 bits per heavy atom. The van der Waals surface area contributed by atoms with E-state index in [1.165, 1.54) is 0 Å². The van der Waals surface area contributed by atoms with Crippen LogP contribution in [0.3, 0.4) is 0 Å². The van der Waals surface area contributed by atoms with Gasteiger partial charge >= 0.3 is 0 Å². The third kappa shape index (κ3) is 10.8. The average molecular weight is 497 g/mol. The van der Waals surface area contributed by atoms with Gasteiger partial charge in [0.05, 0.1) is 5.75 Å². The second kappa shape index (κ2) is 13.7. The second-order valence-electron chi connectivity index (χ2n) is 8.51. The van der Waals surface area contributed by atoms with Crippen LogP contribution in [0.15, 0.2) is 24.3 Å². The van der Waals surface area contributed by atoms with Gasteiger partial charge in [-0.1, -0.05) is 45.0 Å². The molecule has 0 aliphatic heterocycles. The van der Waals surface area contributed by atoms with Crippen molar-refractivity contribution < 1.29 is 22.8 Å². The number of amides is 3. The molecule has 0 spiro atoms. The summed E-state index contributed by atoms with van der Waals surface area (Å²) in [6.45, 7) is 5.55. The van der Waals surface area contributed by atoms with Crippen LogP contribution >= 0.6 is 0 Å². The fraction of sp³-hybridized carbons (Fsp3) is 0.545. The lowest BCUT2D eigenvalue weighted by Crippen LogP contribution is -2.54. The van der Waals surface area contributed by atoms with E-state index in [1.807, 2.05) is 13.8 Å². The van der Waals surface area contributed by atoms with Crippen molar-refractivity contribution in [2.75, 3.05) is 5.75 Å². The number of nitrogens with one attached hydrogen (secondary N) is 4. The van der Waals surface area contributed by atoms with Crippen molar-refractivity contribution in [2.45, 2.75) is 65.1 Å². The van der Waals surface area contributed by atoms with Gasteiger partial charge in [0.15, 0.2) is 0 Å². The van der Waals surface area contributed by atoms with Gasteiger partial charge in [-0.25, -0.2) is 13.1 Å². The monoisotopic (exact) mass is 496 g/mol. The second-order valence-corrected chi connectivity index (χ2v) is 10.4. The smallest absolute Gasteiger partial charge is 0.242 e. The van der Waals surface area contributed by atoms with E-state index in [2.05, 4.69) is 15.4 Å². The molecule has 0 heterocycles. The highest BCUT2D eigenvalue weighted by atomic mass is 32.2. The van der Waals surface area contributed by atoms with Crippen LogP contribution in [-0.4, -0.2) is 49.8 Å². The molecule has 2 unspecified atom stereocenters. The maximum absolute atomic E-state index is 12.9. The molecule has 0 saturated heterocycles. The van der Waals surface area contributed by atoms with Gasteiger partial charge in [0, 0.05) is 18.5 Å². The van der Waals surface area contributed by atoms with E-state index in [9.17, 15) is 22.8 Å². The Bertz CT molecular complexity index is 963. The van der Waals surface area contributed by atoms with E-state index in [-0.39, 0.29) is 43.3 Å². The highest BCUT2D eigenvalue weighted by Crippen LogP contribution is 2.09. The topological polar surface area (TPSA) is 197 Å². The van der Waals surface area contributed by atoms with E-state index in [0.29, 0.717) is 12.0 Å². The van der Waals surface area contributed by atoms with E-state index in [0.717, 1.165) is 5.56 Å². The lowest BCUT2D eigenvalue weighted by Gasteiger charge is -2.24. The molecule has 12 heteroatoms. The number of hydrogen-bond donors (Lipinski definition) is 6. The van der Waals surface area contributed by atoms with Crippen molar-refractivity contribution in [1.29, 1.82) is 5.41 Å². The maximum Gasteiger partial charge on any atom is 0.242 e. The molecule has 3 amide bonds. The molecule has 1 aromatic rings. The first kappa shape index (κ1) is 29.0. The normalized spacial score (nSPS) is 13.2. The molecular formula is C22H36N6O5S. The zero-order chi connectivity index (χ0) is 25.9. The number of carbonyl (C=O) groups is 3. The molecule has 0 aliphatic rings. The average Bonchev–Trinajstić information content (AvgIpc) is 2.73. The Morgan fingerprint density at radius 1 is 1.03 bits per heavy atom. The number of nitrogens with two attached hydrogens (primary N) is 2. The fourth-order valence-electron chi connectivity index (χ4n) is 3.17. The quantitative estimate of drug-likeness (QED) is 0.147. The zero-order valence-corrected chi connectivity index (χ0v) is 20.7. The standard InChI is InChI=1S/C22H36N6O5S/c1-4-11-34(32,33)28-18(12-14(2)3)22(31)27-17(9-10-19(23)29)21(30)26-13-15-5-7-16(8-6-15)20(24)25/h5-8,14,17-18,28H,4,9-13H2,1-3H3,(H2,23,29)(H3,24,25)(H,26,30)(H,27,31). The van der Waals surface area contributed by atoms with Crippen molar-refractivity contribution in [3.8, 4) is 0 Å². The largest absolute Gasteiger partial charge is 0.384 e. The Labute approximate surface area is 201 Å². The van der Waals surface area contributed by atoms with Crippen molar-refractivity contribution >= 4 is 33.6 Å². The zero-order valence-electron chi connectivity index (χ0n) is 19.9. The van der Waals surface area contributed by atoms with E-state index < -0.39 is 39.8 Å². The van der Waals surface area contributed by atoms with Crippen molar-refractivity contribution in [3.05, 3.63) is 35.4 Å². The summed E-state index contributed by atoms with van der Waals surface area (Å²) in [5, 5.41) is 12.7. The predicted molar refractivity (Wildman–Crippen MR) is 130 cm³/mol. The van der Waals surface area contributed by atoms with Crippen LogP contribution in [0.5, 0.6) is 0 Å². The third-order valence-electron chi connectivity index (χ3n) is 4.86. The van der Waals surface area contributed by atoms with E-state index >= 15 is 0 Å². The Morgan fingerprint density at radius 3 is 2.15 bits per heavy atom. The first-order valence-electron chi connectivity index (χ1n) is 11.1. The molecule has 11 nitrogen and oxygen atoms in total. The Hall–Kier alpha value is -2.99. The Kier molecular flexibility index (Phi) is 11.7. The third-order valence-corrected chi connectivity index (χ3v) is 6.45. The first-order chi connectivity index (χ1) is 15.8. The highest BCUT2D eigenvalue weighted by Gasteiger charge is 2.29. The molecule has 0 bridgehead atoms. The molecule has 0 fully saturated rings. The highest BCUT2D eigenvalue weighted by molar-refractivity contribution is 7.89. The minimum atomic E-state index is -3.67. The molecular weight excluding hydrogens is 460 g/mol. The Balaban J connectivity index is 2.93. The van der Waals surface area contributed by atoms with Crippen molar-refractivity contribution in [2.24, 2.45) is 17.4 Å². The molecule has 1 aromatic carbocycles. The molecule has 0 radical (unpaired) electrons. The molecule has 0 aliphatic carbocycles. The molecule has 8 N–H and O–H groups in total. The van der Waals surface area contributed by atoms with Crippen LogP contribution in [0.25, 0.3) is 0 Å². The van der Waals surface area contributed by atoms with E-state index in [1.54, 1.807) is 31.2 Å². The lowest BCUT2D eigenvalue weighted by molar-refractivity contribution is -0.130. The summed E-state index contributed by atoms with van der Waals surface area (Å²) in [4.78, 5) is 37.0. The molecule has 0 aromatic heterocycles. The van der Waals surface area contributed by atoms with Gasteiger partial charge in [0.1, 0.15) is 17.9 Å². The van der Waals surface area contributed by atoms with Gasteiger partial charge in [-0.05, 0) is 30.7 Å². The van der Waals surface area contributed by atoms with Crippen molar-refractivity contribution in [1.82, 2.24) is 15.4 Å². The van der Waals surface area contributed by atoms with Crippen LogP contribution < -0.4 is 26.8 Å². The van der Waals surface area contributed by atoms with Crippen LogP contribution in [0.1, 0.15) is 57.6 Å². The van der Waals surface area contributed by atoms with Gasteiger partial charge in [-0.15, -0.1) is 0 Å². The summed E-state index contributed by atoms with van der Waals surface area (Å²) in [6.07, 6.45) is 0.457. The van der Waals surface area contributed by atoms with Gasteiger partial charge in [0.25, 0.3) is 0 Å². The maximum atomic E-state index is 12.9. The minimum Gasteiger partial charge on any atom is -0.384 e. The number of hydrogen-bond acceptors (Lipinski definition) is 6. The number of amidine groups is 1. The van der Waals surface area contributed by atoms with Crippen LogP contribution in [-0.2, 0) is 31.0 Å².